The van der Waals surface area contributed by atoms with Gasteiger partial charge in [-0.05, 0) is 29.8 Å². The molecular weight excluding hydrogens is 235 g/mol. The second-order valence-corrected chi connectivity index (χ2v) is 3.73. The van der Waals surface area contributed by atoms with Crippen LogP contribution in [0.3, 0.4) is 0 Å². The van der Waals surface area contributed by atoms with Crippen molar-refractivity contribution >= 4 is 5.69 Å². The highest BCUT2D eigenvalue weighted by Gasteiger charge is 2.02. The van der Waals surface area contributed by atoms with Gasteiger partial charge in [-0.1, -0.05) is 6.07 Å². The number of anilines is 1. The van der Waals surface area contributed by atoms with E-state index in [1.54, 1.807) is 24.3 Å². The number of nitrogens with zero attached hydrogens (tertiary/aromatic N) is 1. The Hall–Kier alpha value is -2.30. The standard InChI is InChI=1S/C13H13FN2O2/c1-18-12-6-9(2-4-11(12)17)7-15-10-3-5-13(14)16-8-10/h2-6,8,15,17H,7H2,1H3. The summed E-state index contributed by atoms with van der Waals surface area (Å²) in [5, 5.41) is 12.5. The van der Waals surface area contributed by atoms with Crippen LogP contribution in [0, 0.1) is 5.95 Å². The summed E-state index contributed by atoms with van der Waals surface area (Å²) in [6.45, 7) is 0.532. The van der Waals surface area contributed by atoms with Crippen molar-refractivity contribution in [2.24, 2.45) is 0 Å². The Morgan fingerprint density at radius 1 is 1.33 bits per heavy atom. The van der Waals surface area contributed by atoms with Gasteiger partial charge in [-0.2, -0.15) is 4.39 Å². The molecule has 2 aromatic rings. The lowest BCUT2D eigenvalue weighted by molar-refractivity contribution is 0.373. The molecule has 0 bridgehead atoms. The summed E-state index contributed by atoms with van der Waals surface area (Å²) in [4.78, 5) is 3.55. The van der Waals surface area contributed by atoms with Crippen LogP contribution in [0.25, 0.3) is 0 Å². The summed E-state index contributed by atoms with van der Waals surface area (Å²) in [7, 11) is 1.50. The molecule has 0 saturated heterocycles. The molecule has 1 aromatic heterocycles. The second-order valence-electron chi connectivity index (χ2n) is 3.73. The highest BCUT2D eigenvalue weighted by Crippen LogP contribution is 2.26. The normalized spacial score (nSPS) is 10.1. The molecule has 0 aliphatic rings. The van der Waals surface area contributed by atoms with Gasteiger partial charge >= 0.3 is 0 Å². The maximum atomic E-state index is 12.6. The second kappa shape index (κ2) is 5.35. The van der Waals surface area contributed by atoms with E-state index in [9.17, 15) is 9.50 Å². The first-order valence-electron chi connectivity index (χ1n) is 5.40. The Morgan fingerprint density at radius 2 is 2.17 bits per heavy atom. The van der Waals surface area contributed by atoms with Gasteiger partial charge in [0, 0.05) is 6.54 Å². The number of phenols is 1. The zero-order valence-electron chi connectivity index (χ0n) is 9.85. The van der Waals surface area contributed by atoms with Crippen LogP contribution in [0.4, 0.5) is 10.1 Å². The van der Waals surface area contributed by atoms with Crippen LogP contribution in [-0.4, -0.2) is 17.2 Å². The Kier molecular flexibility index (Phi) is 3.62. The number of nitrogens with one attached hydrogen (secondary N) is 1. The smallest absolute Gasteiger partial charge is 0.212 e. The molecule has 0 radical (unpaired) electrons. The first-order chi connectivity index (χ1) is 8.69. The van der Waals surface area contributed by atoms with E-state index in [1.165, 1.54) is 19.4 Å². The van der Waals surface area contributed by atoms with E-state index in [0.29, 0.717) is 12.3 Å². The van der Waals surface area contributed by atoms with Crippen LogP contribution in [0.1, 0.15) is 5.56 Å². The van der Waals surface area contributed by atoms with Gasteiger partial charge in [-0.3, -0.25) is 0 Å². The maximum Gasteiger partial charge on any atom is 0.212 e. The third-order valence-electron chi connectivity index (χ3n) is 2.47. The minimum absolute atomic E-state index is 0.102. The van der Waals surface area contributed by atoms with E-state index in [0.717, 1.165) is 11.3 Å². The van der Waals surface area contributed by atoms with Crippen molar-refractivity contribution in [2.75, 3.05) is 12.4 Å². The van der Waals surface area contributed by atoms with Crippen LogP contribution in [-0.2, 0) is 6.54 Å². The molecule has 0 atom stereocenters. The van der Waals surface area contributed by atoms with Crippen LogP contribution in [0.2, 0.25) is 0 Å². The Morgan fingerprint density at radius 3 is 2.83 bits per heavy atom. The minimum atomic E-state index is -0.508. The maximum absolute atomic E-state index is 12.6. The highest BCUT2D eigenvalue weighted by molar-refractivity contribution is 5.45. The van der Waals surface area contributed by atoms with Gasteiger partial charge in [0.15, 0.2) is 11.5 Å². The number of methoxy groups -OCH3 is 1. The lowest BCUT2D eigenvalue weighted by Gasteiger charge is -2.08. The van der Waals surface area contributed by atoms with E-state index in [2.05, 4.69) is 10.3 Å². The molecule has 0 aliphatic carbocycles. The monoisotopic (exact) mass is 248 g/mol. The molecule has 1 heterocycles. The van der Waals surface area contributed by atoms with Crippen molar-refractivity contribution in [2.45, 2.75) is 6.54 Å². The fraction of sp³-hybridized carbons (Fsp3) is 0.154. The van der Waals surface area contributed by atoms with Gasteiger partial charge in [0.05, 0.1) is 19.0 Å². The molecule has 94 valence electrons. The van der Waals surface area contributed by atoms with E-state index < -0.39 is 5.95 Å². The van der Waals surface area contributed by atoms with E-state index >= 15 is 0 Å². The molecular formula is C13H13FN2O2. The van der Waals surface area contributed by atoms with Gasteiger partial charge in [-0.25, -0.2) is 4.98 Å². The van der Waals surface area contributed by atoms with Gasteiger partial charge < -0.3 is 15.2 Å². The van der Waals surface area contributed by atoms with Crippen molar-refractivity contribution < 1.29 is 14.2 Å². The highest BCUT2D eigenvalue weighted by atomic mass is 19.1. The van der Waals surface area contributed by atoms with Crippen LogP contribution >= 0.6 is 0 Å². The lowest BCUT2D eigenvalue weighted by Crippen LogP contribution is -2.00. The molecule has 0 fully saturated rings. The first kappa shape index (κ1) is 12.2. The van der Waals surface area contributed by atoms with Gasteiger partial charge in [0.2, 0.25) is 5.95 Å². The molecule has 1 aromatic carbocycles. The number of hydrogen-bond donors (Lipinski definition) is 2. The summed E-state index contributed by atoms with van der Waals surface area (Å²) in [5.41, 5.74) is 1.66. The number of ether oxygens (including phenoxy) is 1. The van der Waals surface area contributed by atoms with Crippen molar-refractivity contribution in [3.05, 3.63) is 48.0 Å². The van der Waals surface area contributed by atoms with Crippen LogP contribution < -0.4 is 10.1 Å². The molecule has 0 spiro atoms. The molecule has 0 saturated carbocycles. The number of halogens is 1. The first-order valence-corrected chi connectivity index (χ1v) is 5.40. The molecule has 18 heavy (non-hydrogen) atoms. The summed E-state index contributed by atoms with van der Waals surface area (Å²) < 4.78 is 17.6. The fourth-order valence-electron chi connectivity index (χ4n) is 1.52. The van der Waals surface area contributed by atoms with Crippen LogP contribution in [0.15, 0.2) is 36.5 Å². The average Bonchev–Trinajstić information content (AvgIpc) is 2.39. The van der Waals surface area contributed by atoms with E-state index in [-0.39, 0.29) is 5.75 Å². The third-order valence-corrected chi connectivity index (χ3v) is 2.47. The minimum Gasteiger partial charge on any atom is -0.504 e. The SMILES string of the molecule is COc1cc(CNc2ccc(F)nc2)ccc1O. The Balaban J connectivity index is 2.04. The number of rotatable bonds is 4. The van der Waals surface area contributed by atoms with Crippen LogP contribution in [0.5, 0.6) is 11.5 Å². The number of phenolic OH excluding ortho intramolecular Hbond substituents is 1. The summed E-state index contributed by atoms with van der Waals surface area (Å²) >= 11 is 0. The number of hydrogen-bond acceptors (Lipinski definition) is 4. The number of aromatic hydroxyl groups is 1. The van der Waals surface area contributed by atoms with E-state index in [4.69, 9.17) is 4.74 Å². The zero-order valence-corrected chi connectivity index (χ0v) is 9.85. The molecule has 0 unspecified atom stereocenters. The zero-order chi connectivity index (χ0) is 13.0. The number of aromatic nitrogens is 1. The van der Waals surface area contributed by atoms with Crippen molar-refractivity contribution in [1.29, 1.82) is 0 Å². The summed E-state index contributed by atoms with van der Waals surface area (Å²) in [6.07, 6.45) is 1.42. The summed E-state index contributed by atoms with van der Waals surface area (Å²) in [5.74, 6) is 0.0167. The molecule has 4 nitrogen and oxygen atoms in total. The summed E-state index contributed by atoms with van der Waals surface area (Å²) in [6, 6.07) is 7.99. The topological polar surface area (TPSA) is 54.4 Å². The quantitative estimate of drug-likeness (QED) is 0.816. The molecule has 5 heteroatoms. The molecule has 0 amide bonds. The molecule has 2 rings (SSSR count). The van der Waals surface area contributed by atoms with Crippen molar-refractivity contribution in [1.82, 2.24) is 4.98 Å². The Bertz CT molecular complexity index is 529. The van der Waals surface area contributed by atoms with Gasteiger partial charge in [0.25, 0.3) is 0 Å². The number of pyridine rings is 1. The largest absolute Gasteiger partial charge is 0.504 e. The van der Waals surface area contributed by atoms with Crippen molar-refractivity contribution in [3.8, 4) is 11.5 Å². The average molecular weight is 248 g/mol. The molecule has 0 aliphatic heterocycles. The predicted octanol–water partition coefficient (Wildman–Crippen LogP) is 2.55. The van der Waals surface area contributed by atoms with Gasteiger partial charge in [-0.15, -0.1) is 0 Å². The lowest BCUT2D eigenvalue weighted by atomic mass is 10.2. The van der Waals surface area contributed by atoms with Gasteiger partial charge in [0.1, 0.15) is 0 Å². The molecule has 2 N–H and O–H groups in total. The third kappa shape index (κ3) is 2.88. The Labute approximate surface area is 104 Å². The van der Waals surface area contributed by atoms with Crippen molar-refractivity contribution in [3.63, 3.8) is 0 Å². The fourth-order valence-corrected chi connectivity index (χ4v) is 1.52. The predicted molar refractivity (Wildman–Crippen MR) is 66.2 cm³/mol. The number of benzene rings is 1. The van der Waals surface area contributed by atoms with E-state index in [1.807, 2.05) is 0 Å².